The van der Waals surface area contributed by atoms with E-state index in [9.17, 15) is 0 Å². The average molecular weight is 493 g/mol. The van der Waals surface area contributed by atoms with Crippen molar-refractivity contribution in [2.75, 3.05) is 0 Å². The lowest BCUT2D eigenvalue weighted by molar-refractivity contribution is 0.640. The Balaban J connectivity index is 1.96. The number of benzene rings is 2. The molecule has 0 spiro atoms. The quantitative estimate of drug-likeness (QED) is 0.230. The summed E-state index contributed by atoms with van der Waals surface area (Å²) in [6.45, 7) is 16.5. The van der Waals surface area contributed by atoms with E-state index < -0.39 is 8.07 Å². The van der Waals surface area contributed by atoms with E-state index >= 15 is 4.39 Å². The number of hydrogen-bond donors (Lipinski definition) is 0. The molecule has 0 radical (unpaired) electrons. The molecule has 2 aromatic heterocycles. The van der Waals surface area contributed by atoms with Crippen LogP contribution in [0.3, 0.4) is 0 Å². The molecule has 0 aliphatic carbocycles. The normalized spacial score (nSPS) is 12.7. The number of halogens is 1. The van der Waals surface area contributed by atoms with E-state index in [1.807, 2.05) is 35.6 Å². The number of thiophene rings is 1. The van der Waals surface area contributed by atoms with Crippen LogP contribution in [-0.2, 0) is 0 Å². The van der Waals surface area contributed by atoms with Crippen LogP contribution in [-0.4, -0.2) is 18.0 Å². The van der Waals surface area contributed by atoms with E-state index in [0.29, 0.717) is 23.1 Å². The van der Waals surface area contributed by atoms with E-state index in [1.54, 1.807) is 16.9 Å². The van der Waals surface area contributed by atoms with Gasteiger partial charge < -0.3 is 0 Å². The van der Waals surface area contributed by atoms with Gasteiger partial charge in [-0.15, -0.1) is 11.3 Å². The summed E-state index contributed by atoms with van der Waals surface area (Å²) in [6, 6.07) is 15.2. The number of aryl methyl sites for hydroxylation is 1. The zero-order chi connectivity index (χ0) is 24.6. The van der Waals surface area contributed by atoms with Gasteiger partial charge in [-0.3, -0.25) is 0 Å². The van der Waals surface area contributed by atoms with Crippen LogP contribution in [0.15, 0.2) is 42.7 Å². The topological polar surface area (TPSA) is 25.8 Å². The lowest BCUT2D eigenvalue weighted by Crippen LogP contribution is -2.50. The van der Waals surface area contributed by atoms with Gasteiger partial charge in [0.1, 0.15) is 20.2 Å². The second-order valence-corrected chi connectivity index (χ2v) is 16.9. The van der Waals surface area contributed by atoms with Crippen molar-refractivity contribution in [2.24, 2.45) is 17.8 Å². The minimum absolute atomic E-state index is 0.198. The van der Waals surface area contributed by atoms with Gasteiger partial charge in [-0.25, -0.2) is 14.4 Å². The number of rotatable bonds is 8. The Morgan fingerprint density at radius 3 is 2.12 bits per heavy atom. The molecule has 0 saturated carbocycles. The zero-order valence-corrected chi connectivity index (χ0v) is 23.4. The third kappa shape index (κ3) is 4.83. The Morgan fingerprint density at radius 2 is 1.50 bits per heavy atom. The van der Waals surface area contributed by atoms with Crippen molar-refractivity contribution < 1.29 is 4.39 Å². The molecule has 0 unspecified atom stereocenters. The van der Waals surface area contributed by atoms with Crippen molar-refractivity contribution in [1.82, 2.24) is 9.97 Å². The fourth-order valence-corrected chi connectivity index (χ4v) is 15.6. The van der Waals surface area contributed by atoms with Gasteiger partial charge in [0.2, 0.25) is 0 Å². The van der Waals surface area contributed by atoms with Crippen LogP contribution in [0.4, 0.5) is 4.39 Å². The van der Waals surface area contributed by atoms with Gasteiger partial charge in [0.05, 0.1) is 15.9 Å². The molecule has 0 aliphatic rings. The summed E-state index contributed by atoms with van der Waals surface area (Å²) >= 11 is 1.90. The Kier molecular flexibility index (Phi) is 7.25. The Hall–Kier alpha value is -2.11. The maximum atomic E-state index is 15.0. The molecule has 180 valence electrons. The van der Waals surface area contributed by atoms with Crippen molar-refractivity contribution in [2.45, 2.75) is 66.6 Å². The molecule has 0 N–H and O–H groups in total. The predicted octanol–water partition coefficient (Wildman–Crippen LogP) is 8.58. The second kappa shape index (κ2) is 9.86. The lowest BCUT2D eigenvalue weighted by atomic mass is 10.0. The summed E-state index contributed by atoms with van der Waals surface area (Å²) in [7, 11) is -1.79. The molecule has 0 atom stereocenters. The first-order chi connectivity index (χ1) is 16.1. The maximum absolute atomic E-state index is 15.0. The molecule has 5 heteroatoms. The highest BCUT2D eigenvalue weighted by atomic mass is 32.1. The molecular formula is C29H37FN2SSi. The van der Waals surface area contributed by atoms with Crippen molar-refractivity contribution in [3.63, 3.8) is 0 Å². The van der Waals surface area contributed by atoms with Crippen LogP contribution in [0.2, 0.25) is 18.1 Å². The van der Waals surface area contributed by atoms with Crippen LogP contribution in [0, 0.1) is 30.5 Å². The molecule has 0 fully saturated rings. The smallest absolute Gasteiger partial charge is 0.131 e. The van der Waals surface area contributed by atoms with Gasteiger partial charge in [0, 0.05) is 10.9 Å². The van der Waals surface area contributed by atoms with Crippen LogP contribution in [0.1, 0.15) is 47.1 Å². The Labute approximate surface area is 208 Å². The number of hydrogen-bond acceptors (Lipinski definition) is 3. The Morgan fingerprint density at radius 1 is 0.882 bits per heavy atom. The molecule has 0 saturated heterocycles. The van der Waals surface area contributed by atoms with Gasteiger partial charge in [-0.2, -0.15) is 0 Å². The highest BCUT2D eigenvalue weighted by molar-refractivity contribution is 7.32. The van der Waals surface area contributed by atoms with E-state index in [4.69, 9.17) is 9.97 Å². The lowest BCUT2D eigenvalue weighted by Gasteiger charge is -2.36. The summed E-state index contributed by atoms with van der Waals surface area (Å²) in [4.78, 5) is 9.44. The van der Waals surface area contributed by atoms with E-state index in [2.05, 4.69) is 54.5 Å². The van der Waals surface area contributed by atoms with Gasteiger partial charge in [-0.1, -0.05) is 83.9 Å². The summed E-state index contributed by atoms with van der Waals surface area (Å²) in [5.41, 5.74) is 4.07. The van der Waals surface area contributed by atoms with E-state index in [0.717, 1.165) is 26.9 Å². The van der Waals surface area contributed by atoms with Crippen LogP contribution < -0.4 is 4.50 Å². The first-order valence-electron chi connectivity index (χ1n) is 12.5. The minimum atomic E-state index is -1.79. The highest BCUT2D eigenvalue weighted by Gasteiger charge is 2.40. The standard InChI is InChI=1S/C29H37FN2SSi/c1-18(2)14-34(15-19(3)4,16-20(5)6)29-21(7)26-28(33-29)27(32-17-31-26)23-12-22-10-8-9-11-24(22)25(30)13-23/h8-13,17-20H,14-16H2,1-7H3. The average Bonchev–Trinajstić information content (AvgIpc) is 3.09. The van der Waals surface area contributed by atoms with Gasteiger partial charge in [0.25, 0.3) is 0 Å². The Bertz CT molecular complexity index is 1280. The van der Waals surface area contributed by atoms with Crippen LogP contribution in [0.25, 0.3) is 32.2 Å². The zero-order valence-electron chi connectivity index (χ0n) is 21.6. The second-order valence-electron chi connectivity index (χ2n) is 11.2. The maximum Gasteiger partial charge on any atom is 0.131 e. The summed E-state index contributed by atoms with van der Waals surface area (Å²) in [5, 5.41) is 1.55. The van der Waals surface area contributed by atoms with Gasteiger partial charge >= 0.3 is 0 Å². The molecular weight excluding hydrogens is 455 g/mol. The molecule has 34 heavy (non-hydrogen) atoms. The summed E-state index contributed by atoms with van der Waals surface area (Å²) in [6.07, 6.45) is 1.66. The number of fused-ring (bicyclic) bond motifs is 2. The summed E-state index contributed by atoms with van der Waals surface area (Å²) in [5.74, 6) is 1.79. The van der Waals surface area contributed by atoms with Gasteiger partial charge in [0.15, 0.2) is 0 Å². The molecule has 2 heterocycles. The van der Waals surface area contributed by atoms with Gasteiger partial charge in [-0.05, 0) is 52.3 Å². The highest BCUT2D eigenvalue weighted by Crippen LogP contribution is 2.39. The first-order valence-corrected chi connectivity index (χ1v) is 16.0. The molecule has 2 nitrogen and oxygen atoms in total. The van der Waals surface area contributed by atoms with E-state index in [-0.39, 0.29) is 5.82 Å². The summed E-state index contributed by atoms with van der Waals surface area (Å²) < 4.78 is 17.7. The molecule has 4 rings (SSSR count). The fraction of sp³-hybridized carbons (Fsp3) is 0.448. The third-order valence-electron chi connectivity index (χ3n) is 6.67. The molecule has 4 aromatic rings. The van der Waals surface area contributed by atoms with Crippen LogP contribution >= 0.6 is 11.3 Å². The largest absolute Gasteiger partial charge is 0.235 e. The van der Waals surface area contributed by atoms with Crippen molar-refractivity contribution in [3.05, 3.63) is 54.1 Å². The third-order valence-corrected chi connectivity index (χ3v) is 15.5. The van der Waals surface area contributed by atoms with E-state index in [1.165, 1.54) is 23.7 Å². The molecule has 0 bridgehead atoms. The number of nitrogens with zero attached hydrogens (tertiary/aromatic N) is 2. The molecule has 0 aliphatic heterocycles. The predicted molar refractivity (Wildman–Crippen MR) is 149 cm³/mol. The van der Waals surface area contributed by atoms with Crippen LogP contribution in [0.5, 0.6) is 0 Å². The SMILES string of the molecule is Cc1c([Si](CC(C)C)(CC(C)C)CC(C)C)sc2c(-c3cc(F)c4ccccc4c3)ncnc12. The minimum Gasteiger partial charge on any atom is -0.235 e. The van der Waals surface area contributed by atoms with Crippen molar-refractivity contribution in [3.8, 4) is 11.3 Å². The first kappa shape index (κ1) is 25.0. The fourth-order valence-electron chi connectivity index (χ4n) is 6.01. The molecule has 2 aromatic carbocycles. The van der Waals surface area contributed by atoms with Crippen molar-refractivity contribution in [1.29, 1.82) is 0 Å². The number of aromatic nitrogens is 2. The molecule has 0 amide bonds. The monoisotopic (exact) mass is 492 g/mol. The van der Waals surface area contributed by atoms with Crippen molar-refractivity contribution >= 4 is 44.9 Å².